The molecule has 23 heavy (non-hydrogen) atoms. The minimum Gasteiger partial charge on any atom is -0.351 e. The van der Waals surface area contributed by atoms with Gasteiger partial charge in [-0.25, -0.2) is 0 Å². The molecule has 0 unspecified atom stereocenters. The largest absolute Gasteiger partial charge is 0.351 e. The monoisotopic (exact) mass is 378 g/mol. The Morgan fingerprint density at radius 1 is 1.26 bits per heavy atom. The first kappa shape index (κ1) is 17.7. The number of aromatic nitrogens is 2. The van der Waals surface area contributed by atoms with Crippen LogP contribution in [0.5, 0.6) is 0 Å². The van der Waals surface area contributed by atoms with E-state index in [1.807, 2.05) is 35.1 Å². The first-order valence-corrected chi connectivity index (χ1v) is 8.69. The van der Waals surface area contributed by atoms with Crippen LogP contribution in [-0.2, 0) is 6.54 Å². The Bertz CT molecular complexity index is 620. The van der Waals surface area contributed by atoms with Gasteiger partial charge in [-0.2, -0.15) is 5.10 Å². The molecule has 0 atom stereocenters. The van der Waals surface area contributed by atoms with E-state index < -0.39 is 0 Å². The Morgan fingerprint density at radius 2 is 1.96 bits per heavy atom. The molecule has 1 amide bonds. The highest BCUT2D eigenvalue weighted by molar-refractivity contribution is 9.10. The Labute approximate surface area is 145 Å². The molecule has 124 valence electrons. The maximum atomic E-state index is 12.1. The number of halogens is 1. The molecule has 0 aliphatic carbocycles. The van der Waals surface area contributed by atoms with Crippen LogP contribution in [0.4, 0.5) is 0 Å². The first-order valence-electron chi connectivity index (χ1n) is 7.89. The molecule has 1 heterocycles. The fraction of sp³-hybridized carbons (Fsp3) is 0.412. The van der Waals surface area contributed by atoms with Gasteiger partial charge in [0.2, 0.25) is 0 Å². The van der Waals surface area contributed by atoms with Crippen molar-refractivity contribution in [2.75, 3.05) is 26.2 Å². The van der Waals surface area contributed by atoms with Gasteiger partial charge in [0.1, 0.15) is 0 Å². The fourth-order valence-electron chi connectivity index (χ4n) is 2.34. The topological polar surface area (TPSA) is 50.2 Å². The summed E-state index contributed by atoms with van der Waals surface area (Å²) in [5.41, 5.74) is 1.80. The molecule has 1 aromatic carbocycles. The van der Waals surface area contributed by atoms with Crippen molar-refractivity contribution in [2.24, 2.45) is 0 Å². The minimum absolute atomic E-state index is 0.0226. The second-order valence-corrected chi connectivity index (χ2v) is 6.25. The number of carbonyl (C=O) groups is 1. The summed E-state index contributed by atoms with van der Waals surface area (Å²) in [5, 5.41) is 7.19. The van der Waals surface area contributed by atoms with Crippen molar-refractivity contribution in [3.05, 3.63) is 52.3 Å². The van der Waals surface area contributed by atoms with E-state index in [2.05, 4.69) is 45.1 Å². The standard InChI is InChI=1S/C17H23BrN4O/c1-3-21(4-2)10-9-19-17(23)15-7-5-14(6-8-15)12-22-13-16(18)11-20-22/h5-8,11,13H,3-4,9-10,12H2,1-2H3,(H,19,23). The second-order valence-electron chi connectivity index (χ2n) is 5.34. The van der Waals surface area contributed by atoms with E-state index in [9.17, 15) is 4.79 Å². The molecule has 0 aliphatic heterocycles. The van der Waals surface area contributed by atoms with Crippen LogP contribution in [-0.4, -0.2) is 46.8 Å². The molecule has 0 bridgehead atoms. The highest BCUT2D eigenvalue weighted by Crippen LogP contribution is 2.10. The van der Waals surface area contributed by atoms with Crippen LogP contribution in [0.3, 0.4) is 0 Å². The van der Waals surface area contributed by atoms with Crippen LogP contribution < -0.4 is 5.32 Å². The van der Waals surface area contributed by atoms with Crippen molar-refractivity contribution in [3.63, 3.8) is 0 Å². The van der Waals surface area contributed by atoms with Gasteiger partial charge in [0.15, 0.2) is 0 Å². The van der Waals surface area contributed by atoms with Crippen molar-refractivity contribution in [2.45, 2.75) is 20.4 Å². The molecule has 2 aromatic rings. The molecule has 1 aromatic heterocycles. The molecule has 0 fully saturated rings. The van der Waals surface area contributed by atoms with Crippen molar-refractivity contribution >= 4 is 21.8 Å². The third kappa shape index (κ3) is 5.48. The molecule has 0 saturated heterocycles. The van der Waals surface area contributed by atoms with Crippen molar-refractivity contribution in [3.8, 4) is 0 Å². The number of rotatable bonds is 8. The van der Waals surface area contributed by atoms with Crippen LogP contribution in [0.2, 0.25) is 0 Å². The number of nitrogens with one attached hydrogen (secondary N) is 1. The van der Waals surface area contributed by atoms with E-state index in [1.54, 1.807) is 6.20 Å². The quantitative estimate of drug-likeness (QED) is 0.768. The molecule has 0 radical (unpaired) electrons. The van der Waals surface area contributed by atoms with E-state index >= 15 is 0 Å². The predicted molar refractivity (Wildman–Crippen MR) is 95.6 cm³/mol. The average molecular weight is 379 g/mol. The van der Waals surface area contributed by atoms with Gasteiger partial charge in [-0.3, -0.25) is 9.48 Å². The van der Waals surface area contributed by atoms with E-state index in [1.165, 1.54) is 0 Å². The van der Waals surface area contributed by atoms with Gasteiger partial charge in [0, 0.05) is 24.8 Å². The first-order chi connectivity index (χ1) is 11.1. The second kappa shape index (κ2) is 8.84. The Hall–Kier alpha value is -1.66. The highest BCUT2D eigenvalue weighted by atomic mass is 79.9. The third-order valence-electron chi connectivity index (χ3n) is 3.77. The van der Waals surface area contributed by atoms with E-state index in [-0.39, 0.29) is 5.91 Å². The molecule has 5 nitrogen and oxygen atoms in total. The lowest BCUT2D eigenvalue weighted by Crippen LogP contribution is -2.34. The molecule has 0 saturated carbocycles. The van der Waals surface area contributed by atoms with Crippen LogP contribution in [0.25, 0.3) is 0 Å². The summed E-state index contributed by atoms with van der Waals surface area (Å²) in [6.45, 7) is 8.50. The Kier molecular flexibility index (Phi) is 6.80. The van der Waals surface area contributed by atoms with Gasteiger partial charge in [-0.15, -0.1) is 0 Å². The predicted octanol–water partition coefficient (Wildman–Crippen LogP) is 2.77. The number of nitrogens with zero attached hydrogens (tertiary/aromatic N) is 3. The lowest BCUT2D eigenvalue weighted by molar-refractivity contribution is 0.0949. The van der Waals surface area contributed by atoms with Crippen LogP contribution in [0, 0.1) is 0 Å². The number of carbonyl (C=O) groups excluding carboxylic acids is 1. The number of amides is 1. The third-order valence-corrected chi connectivity index (χ3v) is 4.18. The summed E-state index contributed by atoms with van der Waals surface area (Å²) in [4.78, 5) is 14.4. The lowest BCUT2D eigenvalue weighted by Gasteiger charge is -2.17. The number of likely N-dealkylation sites (N-methyl/N-ethyl adjacent to an activating group) is 1. The van der Waals surface area contributed by atoms with Gasteiger partial charge < -0.3 is 10.2 Å². The van der Waals surface area contributed by atoms with Gasteiger partial charge >= 0.3 is 0 Å². The highest BCUT2D eigenvalue weighted by Gasteiger charge is 2.06. The minimum atomic E-state index is -0.0226. The smallest absolute Gasteiger partial charge is 0.251 e. The average Bonchev–Trinajstić information content (AvgIpc) is 2.97. The van der Waals surface area contributed by atoms with E-state index in [0.29, 0.717) is 18.7 Å². The molecular weight excluding hydrogens is 356 g/mol. The van der Waals surface area contributed by atoms with Crippen molar-refractivity contribution in [1.82, 2.24) is 20.0 Å². The zero-order valence-corrected chi connectivity index (χ0v) is 15.2. The van der Waals surface area contributed by atoms with Crippen LogP contribution in [0.15, 0.2) is 41.1 Å². The summed E-state index contributed by atoms with van der Waals surface area (Å²) in [5.74, 6) is -0.0226. The van der Waals surface area contributed by atoms with E-state index in [4.69, 9.17) is 0 Å². The summed E-state index contributed by atoms with van der Waals surface area (Å²) in [7, 11) is 0. The van der Waals surface area contributed by atoms with Crippen molar-refractivity contribution < 1.29 is 4.79 Å². The molecule has 0 aliphatic rings. The molecule has 1 N–H and O–H groups in total. The number of hydrogen-bond acceptors (Lipinski definition) is 3. The van der Waals surface area contributed by atoms with Gasteiger partial charge in [-0.1, -0.05) is 26.0 Å². The maximum Gasteiger partial charge on any atom is 0.251 e. The van der Waals surface area contributed by atoms with Gasteiger partial charge in [-0.05, 0) is 46.7 Å². The van der Waals surface area contributed by atoms with E-state index in [0.717, 1.165) is 29.7 Å². The normalized spacial score (nSPS) is 11.0. The van der Waals surface area contributed by atoms with Crippen molar-refractivity contribution in [1.29, 1.82) is 0 Å². The molecule has 2 rings (SSSR count). The summed E-state index contributed by atoms with van der Waals surface area (Å²) < 4.78 is 2.81. The molecular formula is C17H23BrN4O. The lowest BCUT2D eigenvalue weighted by atomic mass is 10.1. The maximum absolute atomic E-state index is 12.1. The zero-order valence-electron chi connectivity index (χ0n) is 13.6. The SMILES string of the molecule is CCN(CC)CCNC(=O)c1ccc(Cn2cc(Br)cn2)cc1. The Balaban J connectivity index is 1.85. The fourth-order valence-corrected chi connectivity index (χ4v) is 2.67. The number of benzene rings is 1. The van der Waals surface area contributed by atoms with Gasteiger partial charge in [0.05, 0.1) is 17.2 Å². The van der Waals surface area contributed by atoms with Crippen LogP contribution >= 0.6 is 15.9 Å². The zero-order chi connectivity index (χ0) is 16.7. The molecule has 0 spiro atoms. The van der Waals surface area contributed by atoms with Gasteiger partial charge in [0.25, 0.3) is 5.91 Å². The molecule has 6 heteroatoms. The Morgan fingerprint density at radius 3 is 2.52 bits per heavy atom. The summed E-state index contributed by atoms with van der Waals surface area (Å²) >= 11 is 3.38. The number of hydrogen-bond donors (Lipinski definition) is 1. The van der Waals surface area contributed by atoms with Crippen LogP contribution in [0.1, 0.15) is 29.8 Å². The summed E-state index contributed by atoms with van der Waals surface area (Å²) in [6, 6.07) is 7.66. The summed E-state index contributed by atoms with van der Waals surface area (Å²) in [6.07, 6.45) is 3.69.